The lowest BCUT2D eigenvalue weighted by atomic mass is 10.0. The van der Waals surface area contributed by atoms with Gasteiger partial charge in [0.1, 0.15) is 6.04 Å². The molecule has 4 nitrogen and oxygen atoms in total. The number of benzene rings is 1. The molecule has 0 radical (unpaired) electrons. The normalized spacial score (nSPS) is 19.0. The first-order valence-corrected chi connectivity index (χ1v) is 7.41. The third-order valence-electron chi connectivity index (χ3n) is 3.44. The van der Waals surface area contributed by atoms with Crippen LogP contribution >= 0.6 is 23.2 Å². The summed E-state index contributed by atoms with van der Waals surface area (Å²) in [5, 5.41) is 10.1. The third-order valence-corrected chi connectivity index (χ3v) is 4.00. The Morgan fingerprint density at radius 2 is 2.05 bits per heavy atom. The SMILES string of the molecule is O=C(O)C1CCCCN1C(=O)/C=C/c1ccc(Cl)cc1Cl. The lowest BCUT2D eigenvalue weighted by molar-refractivity contribution is -0.150. The first kappa shape index (κ1) is 15.9. The van der Waals surface area contributed by atoms with E-state index in [4.69, 9.17) is 28.3 Å². The number of nitrogens with zero attached hydrogens (tertiary/aromatic N) is 1. The van der Waals surface area contributed by atoms with Gasteiger partial charge in [0.25, 0.3) is 0 Å². The largest absolute Gasteiger partial charge is 0.480 e. The smallest absolute Gasteiger partial charge is 0.326 e. The Morgan fingerprint density at radius 1 is 1.29 bits per heavy atom. The minimum atomic E-state index is -0.957. The zero-order chi connectivity index (χ0) is 15.4. The number of carbonyl (C=O) groups excluding carboxylic acids is 1. The van der Waals surface area contributed by atoms with Crippen molar-refractivity contribution in [2.75, 3.05) is 6.54 Å². The summed E-state index contributed by atoms with van der Waals surface area (Å²) in [6, 6.07) is 4.24. The topological polar surface area (TPSA) is 57.6 Å². The molecule has 21 heavy (non-hydrogen) atoms. The Hall–Kier alpha value is -1.52. The fourth-order valence-corrected chi connectivity index (χ4v) is 2.82. The lowest BCUT2D eigenvalue weighted by Gasteiger charge is -2.32. The summed E-state index contributed by atoms with van der Waals surface area (Å²) in [5.74, 6) is -1.27. The number of likely N-dealkylation sites (tertiary alicyclic amines) is 1. The van der Waals surface area contributed by atoms with E-state index in [-0.39, 0.29) is 5.91 Å². The molecule has 1 atom stereocenters. The predicted molar refractivity (Wildman–Crippen MR) is 82.5 cm³/mol. The van der Waals surface area contributed by atoms with Gasteiger partial charge in [0.2, 0.25) is 5.91 Å². The first-order chi connectivity index (χ1) is 9.99. The Bertz CT molecular complexity index is 586. The minimum Gasteiger partial charge on any atom is -0.480 e. The highest BCUT2D eigenvalue weighted by molar-refractivity contribution is 6.35. The van der Waals surface area contributed by atoms with Crippen molar-refractivity contribution in [1.29, 1.82) is 0 Å². The second-order valence-corrected chi connectivity index (χ2v) is 5.72. The molecule has 0 aromatic heterocycles. The summed E-state index contributed by atoms with van der Waals surface area (Å²) >= 11 is 11.8. The van der Waals surface area contributed by atoms with Crippen molar-refractivity contribution in [1.82, 2.24) is 4.90 Å². The van der Waals surface area contributed by atoms with Crippen LogP contribution in [-0.4, -0.2) is 34.5 Å². The summed E-state index contributed by atoms with van der Waals surface area (Å²) in [4.78, 5) is 24.7. The molecular formula is C15H15Cl2NO3. The van der Waals surface area contributed by atoms with E-state index >= 15 is 0 Å². The lowest BCUT2D eigenvalue weighted by Crippen LogP contribution is -2.47. The van der Waals surface area contributed by atoms with Crippen molar-refractivity contribution in [2.24, 2.45) is 0 Å². The van der Waals surface area contributed by atoms with Crippen molar-refractivity contribution in [3.63, 3.8) is 0 Å². The molecule has 1 unspecified atom stereocenters. The van der Waals surface area contributed by atoms with E-state index in [1.54, 1.807) is 24.3 Å². The average molecular weight is 328 g/mol. The maximum atomic E-state index is 12.2. The molecule has 1 fully saturated rings. The zero-order valence-corrected chi connectivity index (χ0v) is 12.8. The van der Waals surface area contributed by atoms with Crippen LogP contribution in [0.25, 0.3) is 6.08 Å². The molecule has 112 valence electrons. The fraction of sp³-hybridized carbons (Fsp3) is 0.333. The highest BCUT2D eigenvalue weighted by Crippen LogP contribution is 2.23. The highest BCUT2D eigenvalue weighted by atomic mass is 35.5. The molecule has 6 heteroatoms. The molecule has 1 N–H and O–H groups in total. The van der Waals surface area contributed by atoms with Gasteiger partial charge in [0, 0.05) is 22.7 Å². The second kappa shape index (κ2) is 6.96. The van der Waals surface area contributed by atoms with Crippen LogP contribution in [0.4, 0.5) is 0 Å². The summed E-state index contributed by atoms with van der Waals surface area (Å²) in [7, 11) is 0. The number of aliphatic carboxylic acids is 1. The first-order valence-electron chi connectivity index (χ1n) is 6.65. The molecule has 1 amide bonds. The molecule has 0 saturated carbocycles. The number of piperidine rings is 1. The van der Waals surface area contributed by atoms with Crippen LogP contribution < -0.4 is 0 Å². The summed E-state index contributed by atoms with van der Waals surface area (Å²) in [6.07, 6.45) is 5.08. The van der Waals surface area contributed by atoms with E-state index in [2.05, 4.69) is 0 Å². The van der Waals surface area contributed by atoms with E-state index in [1.165, 1.54) is 11.0 Å². The monoisotopic (exact) mass is 327 g/mol. The van der Waals surface area contributed by atoms with Gasteiger partial charge < -0.3 is 10.0 Å². The van der Waals surface area contributed by atoms with Crippen LogP contribution in [0.3, 0.4) is 0 Å². The van der Waals surface area contributed by atoms with Crippen molar-refractivity contribution >= 4 is 41.2 Å². The van der Waals surface area contributed by atoms with Gasteiger partial charge in [-0.1, -0.05) is 29.3 Å². The maximum Gasteiger partial charge on any atom is 0.326 e. The minimum absolute atomic E-state index is 0.312. The van der Waals surface area contributed by atoms with Crippen LogP contribution in [0.15, 0.2) is 24.3 Å². The van der Waals surface area contributed by atoms with Gasteiger partial charge in [0.15, 0.2) is 0 Å². The molecule has 1 aromatic rings. The molecule has 0 aliphatic carbocycles. The average Bonchev–Trinajstić information content (AvgIpc) is 2.46. The van der Waals surface area contributed by atoms with Crippen molar-refractivity contribution in [3.8, 4) is 0 Å². The molecule has 1 aliphatic heterocycles. The Kier molecular flexibility index (Phi) is 5.26. The van der Waals surface area contributed by atoms with Crippen LogP contribution in [0, 0.1) is 0 Å². The Balaban J connectivity index is 2.12. The number of carboxylic acid groups (broad SMARTS) is 1. The van der Waals surface area contributed by atoms with Gasteiger partial charge in [-0.3, -0.25) is 4.79 Å². The van der Waals surface area contributed by atoms with Crippen LogP contribution in [0.1, 0.15) is 24.8 Å². The van der Waals surface area contributed by atoms with Crippen molar-refractivity contribution in [3.05, 3.63) is 39.9 Å². The molecule has 0 spiro atoms. The number of rotatable bonds is 3. The molecule has 1 aliphatic rings. The highest BCUT2D eigenvalue weighted by Gasteiger charge is 2.30. The molecule has 1 heterocycles. The standard InChI is InChI=1S/C15H15Cl2NO3/c16-11-6-4-10(12(17)9-11)5-7-14(19)18-8-2-1-3-13(18)15(20)21/h4-7,9,13H,1-3,8H2,(H,20,21)/b7-5+. The van der Waals surface area contributed by atoms with Gasteiger partial charge >= 0.3 is 5.97 Å². The van der Waals surface area contributed by atoms with Crippen LogP contribution in [-0.2, 0) is 9.59 Å². The number of carbonyl (C=O) groups is 2. The zero-order valence-electron chi connectivity index (χ0n) is 11.3. The van der Waals surface area contributed by atoms with E-state index in [9.17, 15) is 9.59 Å². The number of halogens is 2. The van der Waals surface area contributed by atoms with Crippen molar-refractivity contribution < 1.29 is 14.7 Å². The van der Waals surface area contributed by atoms with Gasteiger partial charge in [-0.15, -0.1) is 0 Å². The molecule has 1 aromatic carbocycles. The second-order valence-electron chi connectivity index (χ2n) is 4.88. The van der Waals surface area contributed by atoms with E-state index < -0.39 is 12.0 Å². The summed E-state index contributed by atoms with van der Waals surface area (Å²) < 4.78 is 0. The van der Waals surface area contributed by atoms with Gasteiger partial charge in [-0.05, 0) is 43.0 Å². The number of hydrogen-bond acceptors (Lipinski definition) is 2. The predicted octanol–water partition coefficient (Wildman–Crippen LogP) is 3.47. The Morgan fingerprint density at radius 3 is 2.71 bits per heavy atom. The fourth-order valence-electron chi connectivity index (χ4n) is 2.35. The van der Waals surface area contributed by atoms with Gasteiger partial charge in [-0.25, -0.2) is 4.79 Å². The number of hydrogen-bond donors (Lipinski definition) is 1. The summed E-state index contributed by atoms with van der Waals surface area (Å²) in [5.41, 5.74) is 0.665. The van der Waals surface area contributed by atoms with Gasteiger partial charge in [0.05, 0.1) is 0 Å². The Labute approximate surface area is 133 Å². The van der Waals surface area contributed by atoms with E-state index in [0.717, 1.165) is 12.8 Å². The van der Waals surface area contributed by atoms with Gasteiger partial charge in [-0.2, -0.15) is 0 Å². The quantitative estimate of drug-likeness (QED) is 0.865. The number of amides is 1. The molecule has 2 rings (SSSR count). The summed E-state index contributed by atoms with van der Waals surface area (Å²) in [6.45, 7) is 0.467. The van der Waals surface area contributed by atoms with Crippen molar-refractivity contribution in [2.45, 2.75) is 25.3 Å². The third kappa shape index (κ3) is 3.99. The maximum absolute atomic E-state index is 12.2. The molecular weight excluding hydrogens is 313 g/mol. The van der Waals surface area contributed by atoms with E-state index in [1.807, 2.05) is 0 Å². The molecule has 0 bridgehead atoms. The number of carboxylic acids is 1. The molecule has 1 saturated heterocycles. The van der Waals surface area contributed by atoms with Crippen LogP contribution in [0.5, 0.6) is 0 Å². The van der Waals surface area contributed by atoms with E-state index in [0.29, 0.717) is 28.6 Å². The van der Waals surface area contributed by atoms with Crippen LogP contribution in [0.2, 0.25) is 10.0 Å².